The lowest BCUT2D eigenvalue weighted by atomic mass is 10.2. The summed E-state index contributed by atoms with van der Waals surface area (Å²) in [7, 11) is 0. The van der Waals surface area contributed by atoms with Crippen LogP contribution < -0.4 is 15.8 Å². The van der Waals surface area contributed by atoms with Gasteiger partial charge in [-0.2, -0.15) is 0 Å². The summed E-state index contributed by atoms with van der Waals surface area (Å²) < 4.78 is 5.70. The van der Waals surface area contributed by atoms with E-state index in [0.717, 1.165) is 18.4 Å². The van der Waals surface area contributed by atoms with Gasteiger partial charge in [0.2, 0.25) is 0 Å². The van der Waals surface area contributed by atoms with Gasteiger partial charge in [-0.3, -0.25) is 4.79 Å². The van der Waals surface area contributed by atoms with Gasteiger partial charge in [-0.15, -0.1) is 0 Å². The van der Waals surface area contributed by atoms with E-state index in [1.807, 2.05) is 19.1 Å². The number of rotatable bonds is 4. The first-order valence-corrected chi connectivity index (χ1v) is 6.89. The lowest BCUT2D eigenvalue weighted by Crippen LogP contribution is -2.41. The van der Waals surface area contributed by atoms with Crippen molar-refractivity contribution < 1.29 is 9.53 Å². The molecule has 1 aromatic rings. The third-order valence-corrected chi connectivity index (χ3v) is 3.57. The van der Waals surface area contributed by atoms with E-state index in [1.54, 1.807) is 13.0 Å². The molecule has 1 amide bonds. The number of benzene rings is 1. The summed E-state index contributed by atoms with van der Waals surface area (Å²) in [6.45, 7) is 3.70. The number of hydrogen-bond donors (Lipinski definition) is 2. The molecule has 1 aliphatic carbocycles. The van der Waals surface area contributed by atoms with Gasteiger partial charge in [0.15, 0.2) is 6.10 Å². The molecule has 0 bridgehead atoms. The predicted octanol–water partition coefficient (Wildman–Crippen LogP) is 2.40. The Kier molecular flexibility index (Phi) is 4.30. The molecule has 1 atom stereocenters. The van der Waals surface area contributed by atoms with Gasteiger partial charge in [-0.25, -0.2) is 0 Å². The molecule has 1 unspecified atom stereocenters. The number of carbonyl (C=O) groups is 1. The maximum Gasteiger partial charge on any atom is 0.260 e. The molecule has 0 aliphatic heterocycles. The summed E-state index contributed by atoms with van der Waals surface area (Å²) >= 11 is 0. The van der Waals surface area contributed by atoms with Gasteiger partial charge in [0.25, 0.3) is 5.91 Å². The van der Waals surface area contributed by atoms with Crippen molar-refractivity contribution in [1.82, 2.24) is 5.32 Å². The molecule has 1 fully saturated rings. The van der Waals surface area contributed by atoms with Gasteiger partial charge in [0.1, 0.15) is 5.75 Å². The fraction of sp³-hybridized carbons (Fsp3) is 0.533. The zero-order chi connectivity index (χ0) is 13.8. The Labute approximate surface area is 114 Å². The zero-order valence-corrected chi connectivity index (χ0v) is 11.6. The van der Waals surface area contributed by atoms with Crippen LogP contribution in [-0.2, 0) is 4.79 Å². The van der Waals surface area contributed by atoms with Crippen molar-refractivity contribution in [2.75, 3.05) is 5.73 Å². The van der Waals surface area contributed by atoms with Gasteiger partial charge < -0.3 is 15.8 Å². The molecule has 2 rings (SSSR count). The van der Waals surface area contributed by atoms with E-state index in [4.69, 9.17) is 10.5 Å². The van der Waals surface area contributed by atoms with Crippen LogP contribution in [0.15, 0.2) is 18.2 Å². The number of carbonyl (C=O) groups excluding carboxylic acids is 1. The monoisotopic (exact) mass is 262 g/mol. The molecule has 0 saturated heterocycles. The summed E-state index contributed by atoms with van der Waals surface area (Å²) in [5, 5.41) is 3.04. The fourth-order valence-electron chi connectivity index (χ4n) is 2.44. The Morgan fingerprint density at radius 2 is 2.11 bits per heavy atom. The van der Waals surface area contributed by atoms with Crippen LogP contribution in [-0.4, -0.2) is 18.1 Å². The summed E-state index contributed by atoms with van der Waals surface area (Å²) in [4.78, 5) is 12.0. The van der Waals surface area contributed by atoms with Crippen LogP contribution in [0.5, 0.6) is 5.75 Å². The first-order valence-electron chi connectivity index (χ1n) is 6.89. The summed E-state index contributed by atoms with van der Waals surface area (Å²) in [6, 6.07) is 5.76. The molecule has 4 nitrogen and oxygen atoms in total. The molecular formula is C15H22N2O2. The molecule has 0 aromatic heterocycles. The van der Waals surface area contributed by atoms with E-state index in [2.05, 4.69) is 5.32 Å². The highest BCUT2D eigenvalue weighted by molar-refractivity contribution is 5.81. The molecule has 0 heterocycles. The van der Waals surface area contributed by atoms with E-state index in [0.29, 0.717) is 17.5 Å². The average molecular weight is 262 g/mol. The van der Waals surface area contributed by atoms with Crippen LogP contribution in [0.25, 0.3) is 0 Å². The maximum absolute atomic E-state index is 12.0. The Morgan fingerprint density at radius 1 is 1.42 bits per heavy atom. The smallest absolute Gasteiger partial charge is 0.260 e. The van der Waals surface area contributed by atoms with Gasteiger partial charge in [-0.05, 0) is 50.5 Å². The Balaban J connectivity index is 1.92. The van der Waals surface area contributed by atoms with Gasteiger partial charge >= 0.3 is 0 Å². The van der Waals surface area contributed by atoms with Crippen LogP contribution >= 0.6 is 0 Å². The number of ether oxygens (including phenoxy) is 1. The van der Waals surface area contributed by atoms with Gasteiger partial charge in [0, 0.05) is 11.7 Å². The normalized spacial score (nSPS) is 17.2. The minimum Gasteiger partial charge on any atom is -0.481 e. The minimum absolute atomic E-state index is 0.0388. The first-order chi connectivity index (χ1) is 9.06. The zero-order valence-electron chi connectivity index (χ0n) is 11.6. The van der Waals surface area contributed by atoms with Crippen molar-refractivity contribution in [3.05, 3.63) is 23.8 Å². The Morgan fingerprint density at radius 3 is 2.74 bits per heavy atom. The predicted molar refractivity (Wildman–Crippen MR) is 76.1 cm³/mol. The van der Waals surface area contributed by atoms with Gasteiger partial charge in [0.05, 0.1) is 0 Å². The van der Waals surface area contributed by atoms with Crippen molar-refractivity contribution in [3.8, 4) is 5.75 Å². The van der Waals surface area contributed by atoms with E-state index in [9.17, 15) is 4.79 Å². The Bertz CT molecular complexity index is 453. The number of amides is 1. The molecule has 1 aromatic carbocycles. The lowest BCUT2D eigenvalue weighted by Gasteiger charge is -2.19. The largest absolute Gasteiger partial charge is 0.481 e. The minimum atomic E-state index is -0.483. The molecule has 1 aliphatic rings. The number of aryl methyl sites for hydroxylation is 1. The van der Waals surface area contributed by atoms with Crippen LogP contribution in [0.3, 0.4) is 0 Å². The molecule has 104 valence electrons. The maximum atomic E-state index is 12.0. The van der Waals surface area contributed by atoms with Crippen LogP contribution in [0.2, 0.25) is 0 Å². The highest BCUT2D eigenvalue weighted by atomic mass is 16.5. The summed E-state index contributed by atoms with van der Waals surface area (Å²) in [6.07, 6.45) is 4.09. The second-order valence-corrected chi connectivity index (χ2v) is 5.27. The number of nitrogens with two attached hydrogens (primary N) is 1. The van der Waals surface area contributed by atoms with Crippen LogP contribution in [0, 0.1) is 6.92 Å². The highest BCUT2D eigenvalue weighted by Crippen LogP contribution is 2.22. The Hall–Kier alpha value is -1.71. The van der Waals surface area contributed by atoms with Crippen molar-refractivity contribution in [2.45, 2.75) is 51.7 Å². The molecule has 3 N–H and O–H groups in total. The van der Waals surface area contributed by atoms with Crippen molar-refractivity contribution >= 4 is 11.6 Å². The lowest BCUT2D eigenvalue weighted by molar-refractivity contribution is -0.127. The average Bonchev–Trinajstić information content (AvgIpc) is 2.85. The standard InChI is InChI=1S/C15H22N2O2/c1-10-9-12(16)7-8-14(10)19-11(2)15(18)17-13-5-3-4-6-13/h7-9,11,13H,3-6,16H2,1-2H3,(H,17,18). The third-order valence-electron chi connectivity index (χ3n) is 3.57. The second kappa shape index (κ2) is 5.95. The highest BCUT2D eigenvalue weighted by Gasteiger charge is 2.21. The number of nitrogens with one attached hydrogen (secondary N) is 1. The quantitative estimate of drug-likeness (QED) is 0.819. The number of nitrogen functional groups attached to an aromatic ring is 1. The van der Waals surface area contributed by atoms with E-state index in [-0.39, 0.29) is 5.91 Å². The van der Waals surface area contributed by atoms with Crippen molar-refractivity contribution in [1.29, 1.82) is 0 Å². The van der Waals surface area contributed by atoms with Crippen LogP contribution in [0.1, 0.15) is 38.2 Å². The third kappa shape index (κ3) is 3.63. The SMILES string of the molecule is Cc1cc(N)ccc1OC(C)C(=O)NC1CCCC1. The number of hydrogen-bond acceptors (Lipinski definition) is 3. The molecular weight excluding hydrogens is 240 g/mol. The molecule has 1 saturated carbocycles. The molecule has 0 radical (unpaired) electrons. The molecule has 4 heteroatoms. The van der Waals surface area contributed by atoms with Crippen LogP contribution in [0.4, 0.5) is 5.69 Å². The molecule has 0 spiro atoms. The summed E-state index contributed by atoms with van der Waals surface area (Å²) in [5.41, 5.74) is 7.34. The van der Waals surface area contributed by atoms with Crippen molar-refractivity contribution in [2.24, 2.45) is 0 Å². The van der Waals surface area contributed by atoms with E-state index < -0.39 is 6.10 Å². The van der Waals surface area contributed by atoms with Gasteiger partial charge in [-0.1, -0.05) is 12.8 Å². The number of anilines is 1. The van der Waals surface area contributed by atoms with Crippen molar-refractivity contribution in [3.63, 3.8) is 0 Å². The van der Waals surface area contributed by atoms with E-state index in [1.165, 1.54) is 12.8 Å². The summed E-state index contributed by atoms with van der Waals surface area (Å²) in [5.74, 6) is 0.673. The fourth-order valence-corrected chi connectivity index (χ4v) is 2.44. The topological polar surface area (TPSA) is 64.3 Å². The second-order valence-electron chi connectivity index (χ2n) is 5.27. The first kappa shape index (κ1) is 13.7. The van der Waals surface area contributed by atoms with E-state index >= 15 is 0 Å². The molecule has 19 heavy (non-hydrogen) atoms.